The average molecular weight is 342 g/mol. The first-order valence-corrected chi connectivity index (χ1v) is 8.28. The number of hydrogen-bond donors (Lipinski definition) is 0. The molecule has 4 aromatic rings. The minimum Gasteiger partial charge on any atom is -0.488 e. The quantitative estimate of drug-likeness (QED) is 0.539. The average Bonchev–Trinajstić information content (AvgIpc) is 3.20. The van der Waals surface area contributed by atoms with E-state index in [2.05, 4.69) is 9.97 Å². The van der Waals surface area contributed by atoms with Crippen LogP contribution in [0.1, 0.15) is 5.56 Å². The molecule has 3 heterocycles. The minimum atomic E-state index is 0.501. The molecule has 0 N–H and O–H groups in total. The summed E-state index contributed by atoms with van der Waals surface area (Å²) in [5.74, 6) is 0.831. The van der Waals surface area contributed by atoms with Crippen LogP contribution in [0.4, 0.5) is 0 Å². The van der Waals surface area contributed by atoms with E-state index in [4.69, 9.17) is 16.3 Å². The highest BCUT2D eigenvalue weighted by atomic mass is 35.5. The Hall–Kier alpha value is -2.37. The fourth-order valence-electron chi connectivity index (χ4n) is 2.32. The van der Waals surface area contributed by atoms with Crippen LogP contribution in [0, 0.1) is 0 Å². The molecule has 0 radical (unpaired) electrons. The predicted octanol–water partition coefficient (Wildman–Crippen LogP) is 4.71. The number of fused-ring (bicyclic) bond motifs is 1. The number of rotatable bonds is 4. The Bertz CT molecular complexity index is 949. The van der Waals surface area contributed by atoms with Crippen LogP contribution in [-0.2, 0) is 6.61 Å². The van der Waals surface area contributed by atoms with Crippen molar-refractivity contribution in [1.29, 1.82) is 0 Å². The topological polar surface area (TPSA) is 39.9 Å². The van der Waals surface area contributed by atoms with E-state index in [1.54, 1.807) is 30.1 Å². The SMILES string of the molecule is Clc1ccc2ncn(-c3cc(OCc4cccnc4)cs3)c2c1. The zero-order chi connectivity index (χ0) is 15.6. The van der Waals surface area contributed by atoms with Crippen molar-refractivity contribution in [3.05, 3.63) is 71.1 Å². The number of halogens is 1. The molecule has 6 heteroatoms. The van der Waals surface area contributed by atoms with Crippen molar-refractivity contribution < 1.29 is 4.74 Å². The second-order valence-electron chi connectivity index (χ2n) is 5.02. The molecule has 0 aliphatic heterocycles. The first kappa shape index (κ1) is 14.2. The van der Waals surface area contributed by atoms with Crippen LogP contribution in [0.3, 0.4) is 0 Å². The van der Waals surface area contributed by atoms with Gasteiger partial charge in [0.15, 0.2) is 0 Å². The summed E-state index contributed by atoms with van der Waals surface area (Å²) in [5, 5.41) is 3.72. The Morgan fingerprint density at radius 1 is 1.22 bits per heavy atom. The molecule has 0 atom stereocenters. The summed E-state index contributed by atoms with van der Waals surface area (Å²) in [6.07, 6.45) is 5.36. The van der Waals surface area contributed by atoms with Gasteiger partial charge in [-0.05, 0) is 24.3 Å². The van der Waals surface area contributed by atoms with E-state index in [1.807, 2.05) is 46.3 Å². The highest BCUT2D eigenvalue weighted by Gasteiger charge is 2.08. The summed E-state index contributed by atoms with van der Waals surface area (Å²) in [5.41, 5.74) is 2.94. The Morgan fingerprint density at radius 2 is 2.17 bits per heavy atom. The molecule has 0 aliphatic carbocycles. The van der Waals surface area contributed by atoms with E-state index in [-0.39, 0.29) is 0 Å². The smallest absolute Gasteiger partial charge is 0.132 e. The Morgan fingerprint density at radius 3 is 3.04 bits per heavy atom. The van der Waals surface area contributed by atoms with Gasteiger partial charge in [0.2, 0.25) is 0 Å². The van der Waals surface area contributed by atoms with Crippen molar-refractivity contribution in [2.75, 3.05) is 0 Å². The van der Waals surface area contributed by atoms with E-state index >= 15 is 0 Å². The molecule has 4 rings (SSSR count). The molecule has 0 saturated carbocycles. The van der Waals surface area contributed by atoms with Gasteiger partial charge in [-0.15, -0.1) is 11.3 Å². The minimum absolute atomic E-state index is 0.501. The Balaban J connectivity index is 1.58. The molecule has 0 unspecified atom stereocenters. The molecule has 23 heavy (non-hydrogen) atoms. The number of imidazole rings is 1. The zero-order valence-corrected chi connectivity index (χ0v) is 13.6. The summed E-state index contributed by atoms with van der Waals surface area (Å²) in [6, 6.07) is 11.6. The molecule has 0 saturated heterocycles. The summed E-state index contributed by atoms with van der Waals surface area (Å²) in [4.78, 5) is 8.48. The third-order valence-electron chi connectivity index (χ3n) is 3.44. The van der Waals surface area contributed by atoms with Gasteiger partial charge in [-0.1, -0.05) is 17.7 Å². The van der Waals surface area contributed by atoms with Crippen molar-refractivity contribution in [1.82, 2.24) is 14.5 Å². The summed E-state index contributed by atoms with van der Waals surface area (Å²) in [6.45, 7) is 0.501. The number of pyridine rings is 1. The monoisotopic (exact) mass is 341 g/mol. The standard InChI is InChI=1S/C17H12ClN3OS/c18-13-3-4-15-16(6-13)21(11-20-15)17-7-14(10-23-17)22-9-12-2-1-5-19-8-12/h1-8,10-11H,9H2. The maximum Gasteiger partial charge on any atom is 0.132 e. The normalized spacial score (nSPS) is 11.0. The fraction of sp³-hybridized carbons (Fsp3) is 0.0588. The van der Waals surface area contributed by atoms with E-state index in [0.29, 0.717) is 11.6 Å². The van der Waals surface area contributed by atoms with Crippen LogP contribution in [0.5, 0.6) is 5.75 Å². The predicted molar refractivity (Wildman–Crippen MR) is 92.5 cm³/mol. The number of thiophene rings is 1. The second kappa shape index (κ2) is 6.02. The first-order valence-electron chi connectivity index (χ1n) is 7.03. The van der Waals surface area contributed by atoms with Crippen LogP contribution >= 0.6 is 22.9 Å². The highest BCUT2D eigenvalue weighted by molar-refractivity contribution is 7.12. The summed E-state index contributed by atoms with van der Waals surface area (Å²) >= 11 is 7.69. The Kier molecular flexibility index (Phi) is 3.73. The third-order valence-corrected chi connectivity index (χ3v) is 4.58. The molecule has 0 aliphatic rings. The molecular formula is C17H12ClN3OS. The number of benzene rings is 1. The van der Waals surface area contributed by atoms with Gasteiger partial charge in [-0.3, -0.25) is 9.55 Å². The van der Waals surface area contributed by atoms with Crippen LogP contribution in [0.2, 0.25) is 5.02 Å². The lowest BCUT2D eigenvalue weighted by Crippen LogP contribution is -1.94. The molecule has 4 nitrogen and oxygen atoms in total. The van der Waals surface area contributed by atoms with Crippen molar-refractivity contribution in [2.24, 2.45) is 0 Å². The molecule has 0 amide bonds. The van der Waals surface area contributed by atoms with Crippen molar-refractivity contribution >= 4 is 34.0 Å². The summed E-state index contributed by atoms with van der Waals surface area (Å²) in [7, 11) is 0. The van der Waals surface area contributed by atoms with Gasteiger partial charge >= 0.3 is 0 Å². The molecule has 0 fully saturated rings. The highest BCUT2D eigenvalue weighted by Crippen LogP contribution is 2.29. The van der Waals surface area contributed by atoms with Crippen LogP contribution in [-0.4, -0.2) is 14.5 Å². The zero-order valence-electron chi connectivity index (χ0n) is 12.0. The second-order valence-corrected chi connectivity index (χ2v) is 6.34. The van der Waals surface area contributed by atoms with Gasteiger partial charge in [-0.2, -0.15) is 0 Å². The molecule has 1 aromatic carbocycles. The van der Waals surface area contributed by atoms with Crippen molar-refractivity contribution in [3.63, 3.8) is 0 Å². The number of aromatic nitrogens is 3. The van der Waals surface area contributed by atoms with Crippen molar-refractivity contribution in [2.45, 2.75) is 6.61 Å². The lowest BCUT2D eigenvalue weighted by Gasteiger charge is -2.03. The first-order chi connectivity index (χ1) is 11.3. The maximum absolute atomic E-state index is 6.09. The van der Waals surface area contributed by atoms with E-state index in [9.17, 15) is 0 Å². The molecule has 0 bridgehead atoms. The third kappa shape index (κ3) is 2.93. The molecular weight excluding hydrogens is 330 g/mol. The molecule has 3 aromatic heterocycles. The van der Waals surface area contributed by atoms with E-state index in [1.165, 1.54) is 0 Å². The van der Waals surface area contributed by atoms with Gasteiger partial charge in [0.05, 0.1) is 11.0 Å². The largest absolute Gasteiger partial charge is 0.488 e. The lowest BCUT2D eigenvalue weighted by molar-refractivity contribution is 0.307. The van der Waals surface area contributed by atoms with Gasteiger partial charge in [0.1, 0.15) is 23.7 Å². The van der Waals surface area contributed by atoms with Crippen LogP contribution in [0.15, 0.2) is 60.5 Å². The van der Waals surface area contributed by atoms with Crippen LogP contribution < -0.4 is 4.74 Å². The number of nitrogens with zero attached hydrogens (tertiary/aromatic N) is 3. The van der Waals surface area contributed by atoms with E-state index in [0.717, 1.165) is 27.3 Å². The number of ether oxygens (including phenoxy) is 1. The summed E-state index contributed by atoms with van der Waals surface area (Å²) < 4.78 is 7.83. The molecule has 114 valence electrons. The number of hydrogen-bond acceptors (Lipinski definition) is 4. The fourth-order valence-corrected chi connectivity index (χ4v) is 3.30. The van der Waals surface area contributed by atoms with E-state index < -0.39 is 0 Å². The van der Waals surface area contributed by atoms with Crippen LogP contribution in [0.25, 0.3) is 16.0 Å². The van der Waals surface area contributed by atoms with Crippen molar-refractivity contribution in [3.8, 4) is 10.8 Å². The Labute approximate surface area is 142 Å². The maximum atomic E-state index is 6.09. The van der Waals surface area contributed by atoms with Gasteiger partial charge < -0.3 is 4.74 Å². The van der Waals surface area contributed by atoms with Gasteiger partial charge in [0, 0.05) is 34.4 Å². The molecule has 0 spiro atoms. The lowest BCUT2D eigenvalue weighted by atomic mass is 10.3. The van der Waals surface area contributed by atoms with Gasteiger partial charge in [0.25, 0.3) is 0 Å². The van der Waals surface area contributed by atoms with Gasteiger partial charge in [-0.25, -0.2) is 4.98 Å².